The molecule has 0 bridgehead atoms. The van der Waals surface area contributed by atoms with Crippen LogP contribution in [0.3, 0.4) is 0 Å². The van der Waals surface area contributed by atoms with Crippen molar-refractivity contribution in [2.75, 3.05) is 25.5 Å². The standard InChI is InChI=1S/C13H18BrF3N2/c1-9(2)19(3)7-6-18-12-8-10(14)4-5-11(12)13(15,16)17/h4-5,8-9,18H,6-7H2,1-3H3. The Kier molecular flexibility index (Phi) is 5.67. The number of likely N-dealkylation sites (N-methyl/N-ethyl adjacent to an activating group) is 1. The Morgan fingerprint density at radius 1 is 1.32 bits per heavy atom. The number of anilines is 1. The highest BCUT2D eigenvalue weighted by Crippen LogP contribution is 2.36. The first-order valence-corrected chi connectivity index (χ1v) is 6.82. The number of benzene rings is 1. The summed E-state index contributed by atoms with van der Waals surface area (Å²) in [5.74, 6) is 0. The molecule has 6 heteroatoms. The van der Waals surface area contributed by atoms with E-state index in [1.54, 1.807) is 0 Å². The number of rotatable bonds is 5. The number of hydrogen-bond donors (Lipinski definition) is 1. The van der Waals surface area contributed by atoms with Gasteiger partial charge in [-0.2, -0.15) is 13.2 Å². The molecule has 0 aliphatic rings. The van der Waals surface area contributed by atoms with Crippen molar-refractivity contribution >= 4 is 21.6 Å². The summed E-state index contributed by atoms with van der Waals surface area (Å²) in [5.41, 5.74) is -0.526. The molecule has 19 heavy (non-hydrogen) atoms. The Morgan fingerprint density at radius 2 is 1.95 bits per heavy atom. The lowest BCUT2D eigenvalue weighted by molar-refractivity contribution is -0.137. The summed E-state index contributed by atoms with van der Waals surface area (Å²) < 4.78 is 39.1. The summed E-state index contributed by atoms with van der Waals surface area (Å²) in [6.07, 6.45) is -4.34. The van der Waals surface area contributed by atoms with Gasteiger partial charge in [-0.3, -0.25) is 0 Å². The van der Waals surface area contributed by atoms with Gasteiger partial charge in [0, 0.05) is 29.3 Å². The first-order valence-electron chi connectivity index (χ1n) is 6.02. The maximum absolute atomic E-state index is 12.8. The SMILES string of the molecule is CC(C)N(C)CCNc1cc(Br)ccc1C(F)(F)F. The van der Waals surface area contributed by atoms with E-state index in [-0.39, 0.29) is 5.69 Å². The summed E-state index contributed by atoms with van der Waals surface area (Å²) in [6, 6.07) is 4.30. The topological polar surface area (TPSA) is 15.3 Å². The Morgan fingerprint density at radius 3 is 2.47 bits per heavy atom. The van der Waals surface area contributed by atoms with Crippen LogP contribution in [0.2, 0.25) is 0 Å². The largest absolute Gasteiger partial charge is 0.418 e. The molecule has 1 rings (SSSR count). The maximum Gasteiger partial charge on any atom is 0.418 e. The molecule has 2 nitrogen and oxygen atoms in total. The van der Waals surface area contributed by atoms with E-state index in [0.29, 0.717) is 23.6 Å². The predicted octanol–water partition coefficient (Wildman–Crippen LogP) is 4.22. The fourth-order valence-corrected chi connectivity index (χ4v) is 1.90. The van der Waals surface area contributed by atoms with Gasteiger partial charge < -0.3 is 10.2 Å². The second-order valence-corrected chi connectivity index (χ2v) is 5.60. The summed E-state index contributed by atoms with van der Waals surface area (Å²) >= 11 is 3.19. The molecule has 108 valence electrons. The molecule has 0 aliphatic carbocycles. The minimum absolute atomic E-state index is 0.110. The van der Waals surface area contributed by atoms with Crippen molar-refractivity contribution in [3.05, 3.63) is 28.2 Å². The van der Waals surface area contributed by atoms with Gasteiger partial charge in [-0.05, 0) is 39.1 Å². The van der Waals surface area contributed by atoms with Gasteiger partial charge in [0.05, 0.1) is 5.56 Å². The molecule has 0 saturated heterocycles. The number of halogens is 4. The van der Waals surface area contributed by atoms with Crippen molar-refractivity contribution in [3.63, 3.8) is 0 Å². The normalized spacial score (nSPS) is 12.3. The molecule has 0 unspecified atom stereocenters. The van der Waals surface area contributed by atoms with Gasteiger partial charge in [0.25, 0.3) is 0 Å². The van der Waals surface area contributed by atoms with Crippen molar-refractivity contribution in [3.8, 4) is 0 Å². The third kappa shape index (κ3) is 5.03. The fraction of sp³-hybridized carbons (Fsp3) is 0.538. The minimum Gasteiger partial charge on any atom is -0.383 e. The summed E-state index contributed by atoms with van der Waals surface area (Å²) in [7, 11) is 1.94. The Bertz CT molecular complexity index is 419. The molecular formula is C13H18BrF3N2. The fourth-order valence-electron chi connectivity index (χ4n) is 1.54. The van der Waals surface area contributed by atoms with Crippen LogP contribution in [0.15, 0.2) is 22.7 Å². The zero-order chi connectivity index (χ0) is 14.6. The molecule has 0 spiro atoms. The number of nitrogens with zero attached hydrogens (tertiary/aromatic N) is 1. The van der Waals surface area contributed by atoms with Gasteiger partial charge in [0.15, 0.2) is 0 Å². The average Bonchev–Trinajstić information content (AvgIpc) is 2.27. The molecule has 0 saturated carbocycles. The lowest BCUT2D eigenvalue weighted by atomic mass is 10.1. The quantitative estimate of drug-likeness (QED) is 0.864. The molecule has 0 atom stereocenters. The third-order valence-electron chi connectivity index (χ3n) is 2.95. The zero-order valence-electron chi connectivity index (χ0n) is 11.2. The van der Waals surface area contributed by atoms with Crippen molar-refractivity contribution in [2.45, 2.75) is 26.1 Å². The smallest absolute Gasteiger partial charge is 0.383 e. The highest BCUT2D eigenvalue weighted by Gasteiger charge is 2.33. The minimum atomic E-state index is -4.34. The lowest BCUT2D eigenvalue weighted by Gasteiger charge is -2.22. The first-order chi connectivity index (χ1) is 8.71. The summed E-state index contributed by atoms with van der Waals surface area (Å²) in [5, 5.41) is 2.85. The van der Waals surface area contributed by atoms with Gasteiger partial charge >= 0.3 is 6.18 Å². The van der Waals surface area contributed by atoms with Crippen LogP contribution in [0.4, 0.5) is 18.9 Å². The Hall–Kier alpha value is -0.750. The van der Waals surface area contributed by atoms with E-state index in [9.17, 15) is 13.2 Å². The van der Waals surface area contributed by atoms with Crippen LogP contribution in [0.1, 0.15) is 19.4 Å². The molecule has 0 fully saturated rings. The van der Waals surface area contributed by atoms with Gasteiger partial charge in [-0.1, -0.05) is 15.9 Å². The van der Waals surface area contributed by atoms with E-state index in [1.165, 1.54) is 12.1 Å². The third-order valence-corrected chi connectivity index (χ3v) is 3.44. The van der Waals surface area contributed by atoms with E-state index in [0.717, 1.165) is 6.07 Å². The van der Waals surface area contributed by atoms with Gasteiger partial charge in [-0.15, -0.1) is 0 Å². The maximum atomic E-state index is 12.8. The van der Waals surface area contributed by atoms with Crippen LogP contribution < -0.4 is 5.32 Å². The van der Waals surface area contributed by atoms with Crippen LogP contribution >= 0.6 is 15.9 Å². The number of hydrogen-bond acceptors (Lipinski definition) is 2. The highest BCUT2D eigenvalue weighted by atomic mass is 79.9. The molecule has 0 aromatic heterocycles. The Labute approximate surface area is 120 Å². The van der Waals surface area contributed by atoms with E-state index >= 15 is 0 Å². The van der Waals surface area contributed by atoms with Crippen LogP contribution in [-0.4, -0.2) is 31.1 Å². The van der Waals surface area contributed by atoms with E-state index in [4.69, 9.17) is 0 Å². The molecule has 1 aromatic rings. The van der Waals surface area contributed by atoms with Gasteiger partial charge in [-0.25, -0.2) is 0 Å². The monoisotopic (exact) mass is 338 g/mol. The number of nitrogens with one attached hydrogen (secondary N) is 1. The van der Waals surface area contributed by atoms with Crippen LogP contribution in [-0.2, 0) is 6.18 Å². The van der Waals surface area contributed by atoms with Crippen molar-refractivity contribution in [1.29, 1.82) is 0 Å². The Balaban J connectivity index is 2.74. The molecule has 1 N–H and O–H groups in total. The van der Waals surface area contributed by atoms with Crippen molar-refractivity contribution in [2.24, 2.45) is 0 Å². The molecule has 0 radical (unpaired) electrons. The van der Waals surface area contributed by atoms with Crippen LogP contribution in [0.5, 0.6) is 0 Å². The van der Waals surface area contributed by atoms with Gasteiger partial charge in [0.1, 0.15) is 0 Å². The molecule has 0 amide bonds. The highest BCUT2D eigenvalue weighted by molar-refractivity contribution is 9.10. The first kappa shape index (κ1) is 16.3. The molecule has 0 aliphatic heterocycles. The second-order valence-electron chi connectivity index (χ2n) is 4.69. The summed E-state index contributed by atoms with van der Waals surface area (Å²) in [6.45, 7) is 5.23. The van der Waals surface area contributed by atoms with E-state index < -0.39 is 11.7 Å². The average molecular weight is 339 g/mol. The molecule has 1 aromatic carbocycles. The van der Waals surface area contributed by atoms with Crippen LogP contribution in [0, 0.1) is 0 Å². The van der Waals surface area contributed by atoms with Crippen molar-refractivity contribution in [1.82, 2.24) is 4.90 Å². The van der Waals surface area contributed by atoms with E-state index in [1.807, 2.05) is 20.9 Å². The molecular weight excluding hydrogens is 321 g/mol. The van der Waals surface area contributed by atoms with Gasteiger partial charge in [0.2, 0.25) is 0 Å². The number of alkyl halides is 3. The molecule has 0 heterocycles. The lowest BCUT2D eigenvalue weighted by Crippen LogP contribution is -2.31. The van der Waals surface area contributed by atoms with Crippen LogP contribution in [0.25, 0.3) is 0 Å². The summed E-state index contributed by atoms with van der Waals surface area (Å²) in [4.78, 5) is 2.07. The zero-order valence-corrected chi connectivity index (χ0v) is 12.8. The second kappa shape index (κ2) is 6.61. The van der Waals surface area contributed by atoms with E-state index in [2.05, 4.69) is 26.1 Å². The predicted molar refractivity (Wildman–Crippen MR) is 75.4 cm³/mol. The van der Waals surface area contributed by atoms with Crippen molar-refractivity contribution < 1.29 is 13.2 Å².